The number of hydrogen-bond acceptors (Lipinski definition) is 13. The van der Waals surface area contributed by atoms with Crippen molar-refractivity contribution >= 4 is 217 Å². The summed E-state index contributed by atoms with van der Waals surface area (Å²) in [6.45, 7) is 38.6. The van der Waals surface area contributed by atoms with Gasteiger partial charge in [-0.15, -0.1) is 20.4 Å². The van der Waals surface area contributed by atoms with Crippen molar-refractivity contribution in [1.82, 2.24) is 39.7 Å². The summed E-state index contributed by atoms with van der Waals surface area (Å²) in [5.41, 5.74) is 26.7. The number of nitrogens with zero attached hydrogens (tertiary/aromatic N) is 12. The van der Waals surface area contributed by atoms with Crippen LogP contribution in [-0.4, -0.2) is 97.7 Å². The van der Waals surface area contributed by atoms with Gasteiger partial charge in [0.1, 0.15) is 32.3 Å². The molecule has 4 aliphatic heterocycles. The van der Waals surface area contributed by atoms with Crippen LogP contribution in [0.15, 0.2) is 377 Å². The molecule has 4 aliphatic rings. The smallest absolute Gasteiger partial charge is 0.328 e. The third-order valence-corrected chi connectivity index (χ3v) is 48.4. The van der Waals surface area contributed by atoms with Crippen molar-refractivity contribution in [2.24, 2.45) is 0 Å². The van der Waals surface area contributed by atoms with Gasteiger partial charge < -0.3 is 32.2 Å². The van der Waals surface area contributed by atoms with Crippen molar-refractivity contribution in [1.29, 1.82) is 0 Å². The average molecular weight is 1970 g/mol. The SMILES string of the molecule is C[Si]1(C)c2ccccc2N(c2ccc(-c3nnc(-c4ccc(N5c6ccccc6[Si](C)(C)c6ccccc65)cc4)o3)cc2)c2ccccc21.C[Si]1(C)c2ccccc2N(c2nnc(N3c4ccccc4[Si](C)(C)c4ccccc43)o2)c2ccccc21.Cc1ccc2c(c1)c1cc(C[SiH](C)C)ccc1n2-c1ccc(-c2nnc(-c3ccc(-n4c5ccc(C[SiH](C)C)cc5c5cc([Si](C)(C)C)ccc54)cc3)o2)cc1. The number of aryl methyl sites for hydroxylation is 1. The molecule has 0 bridgehead atoms. The van der Waals surface area contributed by atoms with E-state index in [1.807, 2.05) is 0 Å². The highest BCUT2D eigenvalue weighted by atomic mass is 28.3. The summed E-state index contributed by atoms with van der Waals surface area (Å²) >= 11 is 0. The molecule has 0 spiro atoms. The Morgan fingerprint density at radius 3 is 0.782 bits per heavy atom. The van der Waals surface area contributed by atoms with Crippen LogP contribution in [0.4, 0.5) is 68.9 Å². The van der Waals surface area contributed by atoms with E-state index in [2.05, 4.69) is 528 Å². The van der Waals surface area contributed by atoms with Crippen molar-refractivity contribution < 1.29 is 13.3 Å². The largest absolute Gasteiger partial charge is 0.416 e. The zero-order valence-electron chi connectivity index (χ0n) is 83.3. The number of anilines is 12. The van der Waals surface area contributed by atoms with Gasteiger partial charge in [-0.1, -0.05) is 306 Å². The first-order valence-corrected chi connectivity index (χ1v) is 71.4. The van der Waals surface area contributed by atoms with Crippen LogP contribution in [0, 0.1) is 6.92 Å². The quantitative estimate of drug-likeness (QED) is 0.0901. The van der Waals surface area contributed by atoms with E-state index in [-0.39, 0.29) is 0 Å². The Bertz CT molecular complexity index is 8000. The first-order valence-electron chi connectivity index (χ1n) is 49.6. The van der Waals surface area contributed by atoms with Crippen LogP contribution in [-0.2, 0) is 12.1 Å². The van der Waals surface area contributed by atoms with E-state index in [9.17, 15) is 0 Å². The normalized spacial score (nSPS) is 14.4. The molecule has 0 radical (unpaired) electrons. The third kappa shape index (κ3) is 15.8. The number of hydrogen-bond donors (Lipinski definition) is 0. The number of para-hydroxylation sites is 8. The minimum atomic E-state index is -1.88. The number of benzene rings is 16. The highest BCUT2D eigenvalue weighted by Gasteiger charge is 2.45. The van der Waals surface area contributed by atoms with Gasteiger partial charge in [-0.2, -0.15) is 0 Å². The maximum Gasteiger partial charge on any atom is 0.328 e. The topological polar surface area (TPSA) is 140 Å². The Morgan fingerprint density at radius 1 is 0.254 bits per heavy atom. The molecule has 22 heteroatoms. The zero-order valence-corrected chi connectivity index (χ0v) is 90.6. The standard InChI is InChI=1S/C48H50N4OSi3.C42H36N4OSi2.C30H28N4OSi2/c1-31-9-21-43-39(25-31)40-26-32(29-54(2)3)10-22-44(40)51(43)36-16-12-34(13-17-36)47-49-50-48(53-47)35-14-18-37(19-15-35)52-45-23-11-33(30-55(4)5)27-41(45)42-28-38(56(6,7)8)20-24-46(42)52;1-48(2)37-17-9-5-13-33(37)45(34-14-6-10-18-38(34)48)31-25-21-29(22-26-31)41-43-44-42(47-41)30-23-27-32(28-24-30)46-35-15-7-11-19-39(35)49(3,4)40-20-12-8-16-36(40)46;1-36(2)25-17-9-5-13-21(25)33(22-14-6-10-18-26(22)36)29-31-32-30(35-29)34-23-15-7-11-19-27(23)37(3,4)28-20-12-8-16-24(28)34/h9-28,54-55H,29-30H2,1-8H3;5-28H,1-4H3;5-20H,1-4H3. The zero-order chi connectivity index (χ0) is 97.6. The fourth-order valence-corrected chi connectivity index (χ4v) is 37.9. The molecular formula is C120H114N12O3Si7. The molecule has 0 saturated carbocycles. The molecule has 142 heavy (non-hydrogen) atoms. The molecule has 0 atom stereocenters. The second kappa shape index (κ2) is 35.5. The molecule has 5 aromatic heterocycles. The molecule has 21 aromatic rings. The van der Waals surface area contributed by atoms with E-state index in [1.165, 1.54) is 142 Å². The number of aromatic nitrogens is 8. The molecular weight excluding hydrogens is 1850 g/mol. The van der Waals surface area contributed by atoms with Crippen LogP contribution in [0.25, 0.3) is 101 Å². The highest BCUT2D eigenvalue weighted by molar-refractivity contribution is 7.04. The minimum Gasteiger partial charge on any atom is -0.416 e. The Hall–Kier alpha value is -14.7. The third-order valence-electron chi connectivity index (χ3n) is 29.6. The predicted octanol–water partition coefficient (Wildman–Crippen LogP) is 25.5. The van der Waals surface area contributed by atoms with Gasteiger partial charge in [-0.05, 0) is 249 Å². The molecule has 0 unspecified atom stereocenters. The summed E-state index contributed by atoms with van der Waals surface area (Å²) in [5.74, 6) is 2.03. The van der Waals surface area contributed by atoms with E-state index < -0.39 is 58.0 Å². The first kappa shape index (κ1) is 91.1. The van der Waals surface area contributed by atoms with Gasteiger partial charge >= 0.3 is 12.0 Å². The van der Waals surface area contributed by atoms with Gasteiger partial charge in [0, 0.05) is 107 Å². The predicted molar refractivity (Wildman–Crippen MR) is 612 cm³/mol. The van der Waals surface area contributed by atoms with Crippen LogP contribution in [0.3, 0.4) is 0 Å². The molecule has 16 aromatic carbocycles. The lowest BCUT2D eigenvalue weighted by atomic mass is 10.1. The maximum absolute atomic E-state index is 6.59. The van der Waals surface area contributed by atoms with Crippen molar-refractivity contribution in [3.8, 4) is 57.2 Å². The van der Waals surface area contributed by atoms with Gasteiger partial charge in [-0.25, -0.2) is 0 Å². The van der Waals surface area contributed by atoms with Crippen LogP contribution >= 0.6 is 0 Å². The Kier molecular flexibility index (Phi) is 22.8. The Balaban J connectivity index is 0.000000121. The van der Waals surface area contributed by atoms with Gasteiger partial charge in [0.25, 0.3) is 0 Å². The van der Waals surface area contributed by atoms with Gasteiger partial charge in [0.15, 0.2) is 0 Å². The van der Waals surface area contributed by atoms with E-state index in [0.29, 0.717) is 35.6 Å². The molecule has 0 saturated heterocycles. The summed E-state index contributed by atoms with van der Waals surface area (Å²) in [6, 6.07) is 135. The lowest BCUT2D eigenvalue weighted by Gasteiger charge is -2.41. The van der Waals surface area contributed by atoms with Crippen LogP contribution in [0.1, 0.15) is 16.7 Å². The molecule has 15 nitrogen and oxygen atoms in total. The molecule has 0 fully saturated rings. The highest BCUT2D eigenvalue weighted by Crippen LogP contribution is 2.47. The number of fused-ring (bicyclic) bond motifs is 14. The van der Waals surface area contributed by atoms with Crippen LogP contribution < -0.4 is 66.3 Å². The summed E-state index contributed by atoms with van der Waals surface area (Å²) in [4.78, 5) is 9.05. The van der Waals surface area contributed by atoms with E-state index in [1.54, 1.807) is 0 Å². The molecule has 700 valence electrons. The molecule has 0 aliphatic carbocycles. The first-order chi connectivity index (χ1) is 68.6. The fraction of sp³-hybridized carbons (Fsp3) is 0.150. The van der Waals surface area contributed by atoms with Gasteiger partial charge in [0.05, 0.1) is 52.9 Å². The van der Waals surface area contributed by atoms with Crippen LogP contribution in [0.5, 0.6) is 0 Å². The number of rotatable bonds is 15. The van der Waals surface area contributed by atoms with Gasteiger partial charge in [-0.3, -0.25) is 9.80 Å². The lowest BCUT2D eigenvalue weighted by molar-refractivity contribution is 0.567. The summed E-state index contributed by atoms with van der Waals surface area (Å²) < 4.78 is 24.0. The summed E-state index contributed by atoms with van der Waals surface area (Å²) in [7, 11) is -10.4. The monoisotopic (exact) mass is 1970 g/mol. The van der Waals surface area contributed by atoms with Crippen molar-refractivity contribution in [3.63, 3.8) is 0 Å². The van der Waals surface area contributed by atoms with E-state index in [4.69, 9.17) is 13.3 Å². The van der Waals surface area contributed by atoms with E-state index in [0.717, 1.165) is 67.8 Å². The van der Waals surface area contributed by atoms with Crippen molar-refractivity contribution in [2.45, 2.75) is 117 Å². The maximum atomic E-state index is 6.59. The van der Waals surface area contributed by atoms with Gasteiger partial charge in [0.2, 0.25) is 23.6 Å². The fourth-order valence-electron chi connectivity index (χ4n) is 22.4. The van der Waals surface area contributed by atoms with Crippen molar-refractivity contribution in [3.05, 3.63) is 381 Å². The molecule has 9 heterocycles. The van der Waals surface area contributed by atoms with Crippen LogP contribution in [0.2, 0.25) is 98.2 Å². The molecule has 0 amide bonds. The molecule has 25 rings (SSSR count). The minimum absolute atomic E-state index is 0.483. The second-order valence-electron chi connectivity index (χ2n) is 42.4. The molecule has 0 N–H and O–H groups in total. The summed E-state index contributed by atoms with van der Waals surface area (Å²) in [5, 5.41) is 45.2. The lowest BCUT2D eigenvalue weighted by Crippen LogP contribution is -2.58. The van der Waals surface area contributed by atoms with Crippen molar-refractivity contribution in [2.75, 3.05) is 19.6 Å². The summed E-state index contributed by atoms with van der Waals surface area (Å²) in [6.07, 6.45) is 0. The average Bonchev–Trinajstić information content (AvgIpc) is 0.839. The second-order valence-corrected chi connectivity index (χ2v) is 71.2. The van der Waals surface area contributed by atoms with E-state index >= 15 is 0 Å². The Labute approximate surface area is 838 Å². The Morgan fingerprint density at radius 2 is 0.500 bits per heavy atom.